The zero-order chi connectivity index (χ0) is 20.4. The number of furan rings is 1. The van der Waals surface area contributed by atoms with Gasteiger partial charge in [-0.05, 0) is 54.3 Å². The van der Waals surface area contributed by atoms with Crippen LogP contribution >= 0.6 is 15.9 Å². The van der Waals surface area contributed by atoms with Crippen molar-refractivity contribution in [3.05, 3.63) is 87.1 Å². The molecule has 0 saturated carbocycles. The normalized spacial score (nSPS) is 13.7. The van der Waals surface area contributed by atoms with Crippen LogP contribution < -0.4 is 0 Å². The van der Waals surface area contributed by atoms with Gasteiger partial charge in [-0.25, -0.2) is 0 Å². The van der Waals surface area contributed by atoms with Crippen molar-refractivity contribution in [2.75, 3.05) is 6.54 Å². The zero-order valence-corrected chi connectivity index (χ0v) is 17.6. The lowest BCUT2D eigenvalue weighted by Gasteiger charge is -2.28. The SMILES string of the molecule is Cc1cc(-c2ccc(C=C(C#N)C(=O)N3CCc4ccccc4C3)o2)ccc1Br. The Labute approximate surface area is 178 Å². The zero-order valence-electron chi connectivity index (χ0n) is 16.0. The maximum atomic E-state index is 12.9. The number of rotatable bonds is 3. The Kier molecular flexibility index (Phi) is 5.37. The van der Waals surface area contributed by atoms with Gasteiger partial charge < -0.3 is 9.32 Å². The summed E-state index contributed by atoms with van der Waals surface area (Å²) in [5, 5.41) is 9.56. The molecule has 4 rings (SSSR count). The molecule has 0 fully saturated rings. The van der Waals surface area contributed by atoms with Crippen LogP contribution in [0.3, 0.4) is 0 Å². The van der Waals surface area contributed by atoms with Crippen molar-refractivity contribution in [2.24, 2.45) is 0 Å². The number of nitriles is 1. The third-order valence-electron chi connectivity index (χ3n) is 5.12. The fourth-order valence-corrected chi connectivity index (χ4v) is 3.75. The summed E-state index contributed by atoms with van der Waals surface area (Å²) < 4.78 is 6.91. The van der Waals surface area contributed by atoms with Crippen molar-refractivity contribution in [3.63, 3.8) is 0 Å². The van der Waals surface area contributed by atoms with Crippen LogP contribution in [0.25, 0.3) is 17.4 Å². The van der Waals surface area contributed by atoms with Gasteiger partial charge in [-0.15, -0.1) is 0 Å². The molecule has 4 nitrogen and oxygen atoms in total. The Hall–Kier alpha value is -3.10. The van der Waals surface area contributed by atoms with E-state index < -0.39 is 0 Å². The first-order valence-corrected chi connectivity index (χ1v) is 10.2. The molecule has 1 aromatic heterocycles. The molecule has 0 atom stereocenters. The predicted octanol–water partition coefficient (Wildman–Crippen LogP) is 5.51. The molecule has 0 aliphatic carbocycles. The van der Waals surface area contributed by atoms with E-state index in [0.29, 0.717) is 24.6 Å². The molecule has 0 radical (unpaired) electrons. The van der Waals surface area contributed by atoms with Crippen molar-refractivity contribution in [2.45, 2.75) is 19.9 Å². The van der Waals surface area contributed by atoms with Crippen molar-refractivity contribution in [1.29, 1.82) is 5.26 Å². The Balaban J connectivity index is 1.55. The summed E-state index contributed by atoms with van der Waals surface area (Å²) >= 11 is 3.49. The number of carbonyl (C=O) groups excluding carboxylic acids is 1. The summed E-state index contributed by atoms with van der Waals surface area (Å²) in [4.78, 5) is 14.6. The maximum absolute atomic E-state index is 12.9. The van der Waals surface area contributed by atoms with Crippen LogP contribution in [0.5, 0.6) is 0 Å². The third-order valence-corrected chi connectivity index (χ3v) is 6.01. The topological polar surface area (TPSA) is 57.2 Å². The van der Waals surface area contributed by atoms with E-state index in [1.807, 2.05) is 55.5 Å². The number of amides is 1. The first-order valence-electron chi connectivity index (χ1n) is 9.39. The lowest BCUT2D eigenvalue weighted by atomic mass is 9.99. The molecule has 2 heterocycles. The fourth-order valence-electron chi connectivity index (χ4n) is 3.51. The molecule has 1 aliphatic heterocycles. The molecule has 2 aromatic carbocycles. The molecule has 0 spiro atoms. The van der Waals surface area contributed by atoms with Crippen LogP contribution in [0.2, 0.25) is 0 Å². The highest BCUT2D eigenvalue weighted by molar-refractivity contribution is 9.10. The average molecular weight is 447 g/mol. The van der Waals surface area contributed by atoms with Gasteiger partial charge in [0.05, 0.1) is 0 Å². The van der Waals surface area contributed by atoms with Gasteiger partial charge in [0.15, 0.2) is 0 Å². The first kappa shape index (κ1) is 19.2. The second-order valence-electron chi connectivity index (χ2n) is 7.08. The molecule has 0 N–H and O–H groups in total. The van der Waals surface area contributed by atoms with Gasteiger partial charge in [-0.2, -0.15) is 5.26 Å². The number of benzene rings is 2. The van der Waals surface area contributed by atoms with E-state index in [1.54, 1.807) is 11.0 Å². The number of nitrogens with zero attached hydrogens (tertiary/aromatic N) is 2. The van der Waals surface area contributed by atoms with Gasteiger partial charge in [0.2, 0.25) is 0 Å². The number of hydrogen-bond acceptors (Lipinski definition) is 3. The monoisotopic (exact) mass is 446 g/mol. The van der Waals surface area contributed by atoms with Crippen molar-refractivity contribution in [3.8, 4) is 17.4 Å². The van der Waals surface area contributed by atoms with Crippen LogP contribution in [0.15, 0.2) is 69.1 Å². The van der Waals surface area contributed by atoms with Crippen LogP contribution in [0, 0.1) is 18.3 Å². The number of carbonyl (C=O) groups is 1. The van der Waals surface area contributed by atoms with E-state index in [0.717, 1.165) is 27.6 Å². The highest BCUT2D eigenvalue weighted by atomic mass is 79.9. The smallest absolute Gasteiger partial charge is 0.264 e. The Morgan fingerprint density at radius 3 is 2.72 bits per heavy atom. The number of hydrogen-bond donors (Lipinski definition) is 0. The summed E-state index contributed by atoms with van der Waals surface area (Å²) in [5.74, 6) is 0.922. The molecule has 0 bridgehead atoms. The fraction of sp³-hybridized carbons (Fsp3) is 0.167. The van der Waals surface area contributed by atoms with E-state index in [1.165, 1.54) is 11.6 Å². The number of halogens is 1. The highest BCUT2D eigenvalue weighted by Crippen LogP contribution is 2.28. The van der Waals surface area contributed by atoms with E-state index in [-0.39, 0.29) is 11.5 Å². The van der Waals surface area contributed by atoms with Gasteiger partial charge in [0.1, 0.15) is 23.2 Å². The van der Waals surface area contributed by atoms with Crippen molar-refractivity contribution < 1.29 is 9.21 Å². The molecule has 144 valence electrons. The standard InChI is InChI=1S/C24H19BrN2O2/c1-16-12-18(6-8-22(16)25)23-9-7-21(29-23)13-20(14-26)24(28)27-11-10-17-4-2-3-5-19(17)15-27/h2-9,12-13H,10-11,15H2,1H3. The summed E-state index contributed by atoms with van der Waals surface area (Å²) in [7, 11) is 0. The van der Waals surface area contributed by atoms with Gasteiger partial charge in [-0.1, -0.05) is 46.3 Å². The minimum atomic E-state index is -0.264. The largest absolute Gasteiger partial charge is 0.457 e. The molecular formula is C24H19BrN2O2. The van der Waals surface area contributed by atoms with E-state index in [4.69, 9.17) is 4.42 Å². The predicted molar refractivity (Wildman–Crippen MR) is 116 cm³/mol. The molecule has 1 aliphatic rings. The molecule has 5 heteroatoms. The second kappa shape index (κ2) is 8.10. The van der Waals surface area contributed by atoms with E-state index >= 15 is 0 Å². The molecular weight excluding hydrogens is 428 g/mol. The summed E-state index contributed by atoms with van der Waals surface area (Å²) in [5.41, 5.74) is 4.53. The quantitative estimate of drug-likeness (QED) is 0.393. The van der Waals surface area contributed by atoms with Crippen LogP contribution in [-0.4, -0.2) is 17.4 Å². The Bertz CT molecular complexity index is 1150. The highest BCUT2D eigenvalue weighted by Gasteiger charge is 2.23. The molecule has 3 aromatic rings. The minimum absolute atomic E-state index is 0.0808. The molecule has 0 unspecified atom stereocenters. The minimum Gasteiger partial charge on any atom is -0.457 e. The number of fused-ring (bicyclic) bond motifs is 1. The maximum Gasteiger partial charge on any atom is 0.264 e. The number of aryl methyl sites for hydroxylation is 1. The van der Waals surface area contributed by atoms with E-state index in [2.05, 4.69) is 22.0 Å². The lowest BCUT2D eigenvalue weighted by molar-refractivity contribution is -0.127. The Morgan fingerprint density at radius 1 is 1.17 bits per heavy atom. The van der Waals surface area contributed by atoms with Crippen molar-refractivity contribution in [1.82, 2.24) is 4.90 Å². The Morgan fingerprint density at radius 2 is 1.97 bits per heavy atom. The van der Waals surface area contributed by atoms with Crippen molar-refractivity contribution >= 4 is 27.9 Å². The molecule has 29 heavy (non-hydrogen) atoms. The van der Waals surface area contributed by atoms with Gasteiger partial charge in [-0.3, -0.25) is 4.79 Å². The average Bonchev–Trinajstić information content (AvgIpc) is 3.21. The molecule has 0 saturated heterocycles. The lowest BCUT2D eigenvalue weighted by Crippen LogP contribution is -2.36. The third kappa shape index (κ3) is 4.03. The summed E-state index contributed by atoms with van der Waals surface area (Å²) in [6.07, 6.45) is 2.33. The van der Waals surface area contributed by atoms with Gasteiger partial charge in [0.25, 0.3) is 5.91 Å². The summed E-state index contributed by atoms with van der Waals surface area (Å²) in [6.45, 7) is 3.15. The molecule has 1 amide bonds. The van der Waals surface area contributed by atoms with Gasteiger partial charge in [0, 0.05) is 29.2 Å². The van der Waals surface area contributed by atoms with Crippen LogP contribution in [0.4, 0.5) is 0 Å². The summed E-state index contributed by atoms with van der Waals surface area (Å²) in [6, 6.07) is 19.7. The van der Waals surface area contributed by atoms with Crippen LogP contribution in [-0.2, 0) is 17.8 Å². The second-order valence-corrected chi connectivity index (χ2v) is 7.94. The van der Waals surface area contributed by atoms with Gasteiger partial charge >= 0.3 is 0 Å². The van der Waals surface area contributed by atoms with E-state index in [9.17, 15) is 10.1 Å². The first-order chi connectivity index (χ1) is 14.0. The van der Waals surface area contributed by atoms with Crippen LogP contribution in [0.1, 0.15) is 22.5 Å².